The molecule has 0 radical (unpaired) electrons. The van der Waals surface area contributed by atoms with Crippen LogP contribution >= 0.6 is 0 Å². The molecule has 1 atom stereocenters. The predicted octanol–water partition coefficient (Wildman–Crippen LogP) is 2.62. The van der Waals surface area contributed by atoms with Gasteiger partial charge in [0, 0.05) is 19.0 Å². The normalized spacial score (nSPS) is 16.6. The van der Waals surface area contributed by atoms with E-state index in [0.717, 1.165) is 23.5 Å². The summed E-state index contributed by atoms with van der Waals surface area (Å²) < 4.78 is 12.3. The summed E-state index contributed by atoms with van der Waals surface area (Å²) in [4.78, 5) is 21.7. The van der Waals surface area contributed by atoms with Crippen molar-refractivity contribution in [1.29, 1.82) is 0 Å². The average molecular weight is 352 g/mol. The zero-order valence-electron chi connectivity index (χ0n) is 15.0. The summed E-state index contributed by atoms with van der Waals surface area (Å²) in [6.07, 6.45) is 3.61. The van der Waals surface area contributed by atoms with Gasteiger partial charge < -0.3 is 9.47 Å². The van der Waals surface area contributed by atoms with E-state index < -0.39 is 0 Å². The molecule has 0 N–H and O–H groups in total. The van der Waals surface area contributed by atoms with E-state index >= 15 is 0 Å². The molecule has 1 aliphatic carbocycles. The van der Waals surface area contributed by atoms with Crippen molar-refractivity contribution < 1.29 is 14.3 Å². The van der Waals surface area contributed by atoms with Gasteiger partial charge in [-0.25, -0.2) is 9.50 Å². The first-order chi connectivity index (χ1) is 12.6. The highest BCUT2D eigenvalue weighted by Gasteiger charge is 2.29. The molecule has 2 aromatic heterocycles. The summed E-state index contributed by atoms with van der Waals surface area (Å²) in [5.41, 5.74) is 2.46. The lowest BCUT2D eigenvalue weighted by Gasteiger charge is -2.23. The SMILES string of the molecule is CCc1nc2nc3c(cn2n1)C(=O)C[C@@H](c1ccc(OC)c(OC)c1)C3. The summed E-state index contributed by atoms with van der Waals surface area (Å²) in [5, 5.41) is 4.35. The fourth-order valence-corrected chi connectivity index (χ4v) is 3.42. The van der Waals surface area contributed by atoms with Crippen LogP contribution in [-0.4, -0.2) is 39.6 Å². The third-order valence-electron chi connectivity index (χ3n) is 4.82. The van der Waals surface area contributed by atoms with Gasteiger partial charge in [0.05, 0.1) is 25.5 Å². The van der Waals surface area contributed by atoms with Gasteiger partial charge >= 0.3 is 0 Å². The monoisotopic (exact) mass is 352 g/mol. The van der Waals surface area contributed by atoms with Crippen LogP contribution in [0.4, 0.5) is 0 Å². The number of fused-ring (bicyclic) bond motifs is 2. The molecule has 0 fully saturated rings. The fraction of sp³-hybridized carbons (Fsp3) is 0.368. The fourth-order valence-electron chi connectivity index (χ4n) is 3.42. The Kier molecular flexibility index (Phi) is 4.06. The molecule has 134 valence electrons. The molecule has 1 aliphatic rings. The number of carbonyl (C=O) groups excluding carboxylic acids is 1. The maximum absolute atomic E-state index is 12.7. The molecule has 0 saturated carbocycles. The van der Waals surface area contributed by atoms with Gasteiger partial charge in [0.2, 0.25) is 0 Å². The average Bonchev–Trinajstić information content (AvgIpc) is 3.08. The van der Waals surface area contributed by atoms with E-state index in [4.69, 9.17) is 9.47 Å². The van der Waals surface area contributed by atoms with Gasteiger partial charge in [0.25, 0.3) is 5.78 Å². The molecule has 0 aliphatic heterocycles. The molecule has 0 unspecified atom stereocenters. The zero-order valence-corrected chi connectivity index (χ0v) is 15.0. The molecule has 1 aromatic carbocycles. The molecule has 0 amide bonds. The lowest BCUT2D eigenvalue weighted by molar-refractivity contribution is 0.0962. The van der Waals surface area contributed by atoms with Gasteiger partial charge in [-0.15, -0.1) is 5.10 Å². The quantitative estimate of drug-likeness (QED) is 0.718. The second kappa shape index (κ2) is 6.40. The predicted molar refractivity (Wildman–Crippen MR) is 95.1 cm³/mol. The summed E-state index contributed by atoms with van der Waals surface area (Å²) >= 11 is 0. The Morgan fingerprint density at radius 3 is 2.69 bits per heavy atom. The molecule has 7 nitrogen and oxygen atoms in total. The van der Waals surface area contributed by atoms with Crippen molar-refractivity contribution in [2.24, 2.45) is 0 Å². The van der Waals surface area contributed by atoms with Gasteiger partial charge in [-0.3, -0.25) is 4.79 Å². The number of ketones is 1. The minimum absolute atomic E-state index is 0.0540. The lowest BCUT2D eigenvalue weighted by atomic mass is 9.82. The van der Waals surface area contributed by atoms with Crippen molar-refractivity contribution >= 4 is 11.6 Å². The Labute approximate surface area is 151 Å². The van der Waals surface area contributed by atoms with Gasteiger partial charge in [-0.05, 0) is 30.0 Å². The molecule has 0 spiro atoms. The topological polar surface area (TPSA) is 78.6 Å². The molecule has 2 heterocycles. The summed E-state index contributed by atoms with van der Waals surface area (Å²) in [5.74, 6) is 2.74. The Morgan fingerprint density at radius 2 is 1.96 bits per heavy atom. The van der Waals surface area contributed by atoms with Gasteiger partial charge in [-0.1, -0.05) is 13.0 Å². The maximum atomic E-state index is 12.7. The van der Waals surface area contributed by atoms with E-state index in [0.29, 0.717) is 35.7 Å². The Hall–Kier alpha value is -2.96. The van der Waals surface area contributed by atoms with Crippen molar-refractivity contribution in [3.05, 3.63) is 47.0 Å². The third kappa shape index (κ3) is 2.69. The Morgan fingerprint density at radius 1 is 1.15 bits per heavy atom. The van der Waals surface area contributed by atoms with Crippen molar-refractivity contribution in [2.45, 2.75) is 32.1 Å². The zero-order chi connectivity index (χ0) is 18.3. The van der Waals surface area contributed by atoms with E-state index in [-0.39, 0.29) is 11.7 Å². The minimum Gasteiger partial charge on any atom is -0.493 e. The first kappa shape index (κ1) is 16.5. The first-order valence-corrected chi connectivity index (χ1v) is 8.63. The number of aromatic nitrogens is 4. The van der Waals surface area contributed by atoms with Crippen LogP contribution in [0.25, 0.3) is 5.78 Å². The van der Waals surface area contributed by atoms with Crippen LogP contribution in [-0.2, 0) is 12.8 Å². The van der Waals surface area contributed by atoms with Crippen LogP contribution in [0.15, 0.2) is 24.4 Å². The number of aryl methyl sites for hydroxylation is 1. The van der Waals surface area contributed by atoms with Gasteiger partial charge in [0.1, 0.15) is 0 Å². The number of nitrogens with zero attached hydrogens (tertiary/aromatic N) is 4. The number of carbonyl (C=O) groups is 1. The maximum Gasteiger partial charge on any atom is 0.252 e. The lowest BCUT2D eigenvalue weighted by Crippen LogP contribution is -2.21. The van der Waals surface area contributed by atoms with Crippen LogP contribution in [0.2, 0.25) is 0 Å². The second-order valence-corrected chi connectivity index (χ2v) is 6.37. The van der Waals surface area contributed by atoms with E-state index in [1.807, 2.05) is 25.1 Å². The van der Waals surface area contributed by atoms with E-state index in [1.165, 1.54) is 0 Å². The number of ether oxygens (including phenoxy) is 2. The van der Waals surface area contributed by atoms with Crippen LogP contribution in [0.1, 0.15) is 46.7 Å². The molecular formula is C19H20N4O3. The van der Waals surface area contributed by atoms with Gasteiger partial charge in [-0.2, -0.15) is 4.98 Å². The number of hydrogen-bond donors (Lipinski definition) is 0. The van der Waals surface area contributed by atoms with E-state index in [2.05, 4.69) is 15.1 Å². The van der Waals surface area contributed by atoms with Crippen molar-refractivity contribution in [3.8, 4) is 11.5 Å². The van der Waals surface area contributed by atoms with Crippen LogP contribution < -0.4 is 9.47 Å². The summed E-state index contributed by atoms with van der Waals surface area (Å²) in [6, 6.07) is 5.79. The largest absolute Gasteiger partial charge is 0.493 e. The van der Waals surface area contributed by atoms with Crippen LogP contribution in [0.5, 0.6) is 11.5 Å². The van der Waals surface area contributed by atoms with Gasteiger partial charge in [0.15, 0.2) is 23.1 Å². The molecule has 0 bridgehead atoms. The number of hydrogen-bond acceptors (Lipinski definition) is 6. The van der Waals surface area contributed by atoms with E-state index in [9.17, 15) is 4.79 Å². The molecule has 0 saturated heterocycles. The number of rotatable bonds is 4. The molecular weight excluding hydrogens is 332 g/mol. The highest BCUT2D eigenvalue weighted by Crippen LogP contribution is 2.36. The molecule has 7 heteroatoms. The summed E-state index contributed by atoms with van der Waals surface area (Å²) in [6.45, 7) is 1.99. The summed E-state index contributed by atoms with van der Waals surface area (Å²) in [7, 11) is 3.22. The van der Waals surface area contributed by atoms with Crippen molar-refractivity contribution in [3.63, 3.8) is 0 Å². The minimum atomic E-state index is 0.0540. The van der Waals surface area contributed by atoms with Crippen molar-refractivity contribution in [1.82, 2.24) is 19.6 Å². The molecule has 26 heavy (non-hydrogen) atoms. The third-order valence-corrected chi connectivity index (χ3v) is 4.82. The smallest absolute Gasteiger partial charge is 0.252 e. The first-order valence-electron chi connectivity index (χ1n) is 8.63. The highest BCUT2D eigenvalue weighted by molar-refractivity contribution is 5.98. The molecule has 4 rings (SSSR count). The van der Waals surface area contributed by atoms with Crippen molar-refractivity contribution in [2.75, 3.05) is 14.2 Å². The van der Waals surface area contributed by atoms with Crippen LogP contribution in [0.3, 0.4) is 0 Å². The molecule has 3 aromatic rings. The second-order valence-electron chi connectivity index (χ2n) is 6.37. The Balaban J connectivity index is 1.72. The Bertz CT molecular complexity index is 996. The van der Waals surface area contributed by atoms with E-state index in [1.54, 1.807) is 24.9 Å². The number of Topliss-reactive ketones (excluding diaryl/α,β-unsaturated/α-hetero) is 1. The van der Waals surface area contributed by atoms with Crippen LogP contribution in [0, 0.1) is 0 Å². The number of methoxy groups -OCH3 is 2. The number of benzene rings is 1. The highest BCUT2D eigenvalue weighted by atomic mass is 16.5. The standard InChI is InChI=1S/C19H20N4O3/c1-4-18-21-19-20-14-7-12(8-15(24)13(14)10-23(19)22-18)11-5-6-16(25-2)17(9-11)26-3/h5-6,9-10,12H,4,7-8H2,1-3H3/t12-/m0/s1.